The van der Waals surface area contributed by atoms with E-state index in [2.05, 4.69) is 10.1 Å². The van der Waals surface area contributed by atoms with Crippen LogP contribution < -0.4 is 16.1 Å². The quantitative estimate of drug-likeness (QED) is 0.509. The summed E-state index contributed by atoms with van der Waals surface area (Å²) in [6.07, 6.45) is 2.76. The fourth-order valence-corrected chi connectivity index (χ4v) is 4.52. The lowest BCUT2D eigenvalue weighted by Crippen LogP contribution is -2.38. The average molecular weight is 458 g/mol. The number of piperidine rings is 1. The average Bonchev–Trinajstić information content (AvgIpc) is 3.12. The second-order valence-corrected chi connectivity index (χ2v) is 8.07. The van der Waals surface area contributed by atoms with Gasteiger partial charge in [0, 0.05) is 25.2 Å². The first-order valence-electron chi connectivity index (χ1n) is 10.1. The molecule has 0 unspecified atom stereocenters. The van der Waals surface area contributed by atoms with E-state index in [9.17, 15) is 18.4 Å². The minimum Gasteiger partial charge on any atom is -0.369 e. The van der Waals surface area contributed by atoms with Gasteiger partial charge in [-0.25, -0.2) is 13.6 Å². The van der Waals surface area contributed by atoms with E-state index >= 15 is 0 Å². The lowest BCUT2D eigenvalue weighted by atomic mass is 10.0. The molecule has 0 radical (unpaired) electrons. The monoisotopic (exact) mass is 457 g/mol. The number of aromatic nitrogens is 4. The third kappa shape index (κ3) is 3.38. The van der Waals surface area contributed by atoms with Gasteiger partial charge in [0.05, 0.1) is 22.9 Å². The summed E-state index contributed by atoms with van der Waals surface area (Å²) in [5.41, 5.74) is 1.09. The number of para-hydroxylation sites is 2. The summed E-state index contributed by atoms with van der Waals surface area (Å²) in [7, 11) is 0. The van der Waals surface area contributed by atoms with E-state index in [4.69, 9.17) is 11.6 Å². The van der Waals surface area contributed by atoms with E-state index in [1.54, 1.807) is 4.57 Å². The number of nitrogens with zero attached hydrogens (tertiary/aromatic N) is 4. The smallest absolute Gasteiger partial charge is 0.326 e. The number of hydrogen-bond acceptors (Lipinski definition) is 4. The van der Waals surface area contributed by atoms with Crippen molar-refractivity contribution in [1.29, 1.82) is 0 Å². The third-order valence-corrected chi connectivity index (χ3v) is 6.19. The van der Waals surface area contributed by atoms with Crippen LogP contribution in [-0.2, 0) is 0 Å². The summed E-state index contributed by atoms with van der Waals surface area (Å²) >= 11 is 6.33. The normalized spacial score (nSPS) is 14.9. The third-order valence-electron chi connectivity index (χ3n) is 5.83. The minimum atomic E-state index is -0.909. The molecule has 1 aliphatic heterocycles. The molecule has 10 heteroatoms. The molecule has 7 nitrogen and oxygen atoms in total. The lowest BCUT2D eigenvalue weighted by molar-refractivity contribution is 0.396. The number of rotatable bonds is 3. The molecule has 0 bridgehead atoms. The molecule has 0 aliphatic carbocycles. The summed E-state index contributed by atoms with van der Waals surface area (Å²) < 4.78 is 29.9. The lowest BCUT2D eigenvalue weighted by Gasteiger charge is -2.34. The maximum Gasteiger partial charge on any atom is 0.326 e. The van der Waals surface area contributed by atoms with Gasteiger partial charge in [-0.1, -0.05) is 23.7 Å². The van der Waals surface area contributed by atoms with Gasteiger partial charge in [-0.2, -0.15) is 9.78 Å². The molecule has 1 aliphatic rings. The molecule has 1 fully saturated rings. The van der Waals surface area contributed by atoms with Crippen molar-refractivity contribution in [2.75, 3.05) is 18.0 Å². The van der Waals surface area contributed by atoms with Gasteiger partial charge < -0.3 is 9.88 Å². The minimum absolute atomic E-state index is 0.00955. The summed E-state index contributed by atoms with van der Waals surface area (Å²) in [5.74, 6) is -1.66. The van der Waals surface area contributed by atoms with Crippen LogP contribution in [0.15, 0.2) is 58.3 Å². The first-order valence-corrected chi connectivity index (χ1v) is 10.5. The van der Waals surface area contributed by atoms with Gasteiger partial charge in [-0.3, -0.25) is 9.36 Å². The molecule has 3 heterocycles. The summed E-state index contributed by atoms with van der Waals surface area (Å²) in [6.45, 7) is 1.12. The van der Waals surface area contributed by atoms with E-state index < -0.39 is 17.2 Å². The Morgan fingerprint density at radius 3 is 2.53 bits per heavy atom. The molecule has 0 saturated carbocycles. The van der Waals surface area contributed by atoms with Crippen molar-refractivity contribution in [2.45, 2.75) is 18.9 Å². The zero-order valence-corrected chi connectivity index (χ0v) is 17.5. The number of benzene rings is 2. The summed E-state index contributed by atoms with van der Waals surface area (Å²) in [4.78, 5) is 30.0. The van der Waals surface area contributed by atoms with Gasteiger partial charge in [0.1, 0.15) is 16.5 Å². The van der Waals surface area contributed by atoms with Crippen LogP contribution in [0.3, 0.4) is 0 Å². The van der Waals surface area contributed by atoms with Gasteiger partial charge in [0.2, 0.25) is 0 Å². The first kappa shape index (κ1) is 20.4. The number of hydrogen-bond donors (Lipinski definition) is 1. The Bertz CT molecular complexity index is 1440. The largest absolute Gasteiger partial charge is 0.369 e. The number of nitrogens with one attached hydrogen (secondary N) is 1. The zero-order valence-electron chi connectivity index (χ0n) is 16.8. The summed E-state index contributed by atoms with van der Waals surface area (Å²) in [5, 5.41) is 3.96. The molecular formula is C22H18ClF2N5O2. The maximum absolute atomic E-state index is 14.1. The van der Waals surface area contributed by atoms with Gasteiger partial charge in [0.15, 0.2) is 5.82 Å². The highest BCUT2D eigenvalue weighted by Gasteiger charge is 2.26. The molecule has 5 rings (SSSR count). The Hall–Kier alpha value is -3.46. The van der Waals surface area contributed by atoms with E-state index in [0.29, 0.717) is 37.7 Å². The maximum atomic E-state index is 14.1. The number of imidazole rings is 1. The Morgan fingerprint density at radius 2 is 1.78 bits per heavy atom. The van der Waals surface area contributed by atoms with Crippen LogP contribution in [-0.4, -0.2) is 32.4 Å². The molecule has 1 saturated heterocycles. The van der Waals surface area contributed by atoms with E-state index in [0.717, 1.165) is 27.8 Å². The van der Waals surface area contributed by atoms with Crippen molar-refractivity contribution in [2.24, 2.45) is 0 Å². The molecule has 2 aromatic heterocycles. The Balaban J connectivity index is 1.40. The molecule has 0 spiro atoms. The highest BCUT2D eigenvalue weighted by molar-refractivity contribution is 6.33. The fourth-order valence-electron chi connectivity index (χ4n) is 4.27. The van der Waals surface area contributed by atoms with Crippen molar-refractivity contribution in [1.82, 2.24) is 19.3 Å². The van der Waals surface area contributed by atoms with Crippen LogP contribution in [0.25, 0.3) is 16.7 Å². The SMILES string of the molecule is O=c1c(Cl)c(N2CCC(n3c(=O)[nH]c4ccccc43)CC2)cnn1-c1ccc(F)cc1F. The standard InChI is InChI=1S/C22H18ClF2N5O2/c23-20-19(12-26-30(21(20)31)17-6-5-13(24)11-15(17)25)28-9-7-14(8-10-28)29-18-4-2-1-3-16(18)27-22(29)32/h1-6,11-12,14H,7-10H2,(H,27,32). The van der Waals surface area contributed by atoms with Crippen LogP contribution >= 0.6 is 11.6 Å². The number of aromatic amines is 1. The molecular weight excluding hydrogens is 440 g/mol. The number of fused-ring (bicyclic) bond motifs is 1. The fraction of sp³-hybridized carbons (Fsp3) is 0.227. The molecule has 0 amide bonds. The van der Waals surface area contributed by atoms with Crippen LogP contribution in [0, 0.1) is 11.6 Å². The van der Waals surface area contributed by atoms with E-state index in [1.807, 2.05) is 29.2 Å². The van der Waals surface area contributed by atoms with Gasteiger partial charge >= 0.3 is 5.69 Å². The molecule has 0 atom stereocenters. The Labute approximate surface area is 185 Å². The number of anilines is 1. The predicted molar refractivity (Wildman–Crippen MR) is 118 cm³/mol. The first-order chi connectivity index (χ1) is 15.4. The Kier molecular flexibility index (Phi) is 5.05. The highest BCUT2D eigenvalue weighted by atomic mass is 35.5. The molecule has 164 valence electrons. The Morgan fingerprint density at radius 1 is 1.03 bits per heavy atom. The van der Waals surface area contributed by atoms with Crippen molar-refractivity contribution >= 4 is 28.3 Å². The second-order valence-electron chi connectivity index (χ2n) is 7.69. The van der Waals surface area contributed by atoms with Crippen LogP contribution in [0.1, 0.15) is 18.9 Å². The topological polar surface area (TPSA) is 75.9 Å². The molecule has 4 aromatic rings. The molecule has 1 N–H and O–H groups in total. The van der Waals surface area contributed by atoms with Gasteiger partial charge in [0.25, 0.3) is 5.56 Å². The van der Waals surface area contributed by atoms with Gasteiger partial charge in [-0.15, -0.1) is 0 Å². The van der Waals surface area contributed by atoms with Crippen molar-refractivity contribution in [3.63, 3.8) is 0 Å². The van der Waals surface area contributed by atoms with Crippen LogP contribution in [0.2, 0.25) is 5.02 Å². The van der Waals surface area contributed by atoms with Crippen LogP contribution in [0.4, 0.5) is 14.5 Å². The van der Waals surface area contributed by atoms with Crippen molar-refractivity contribution in [3.05, 3.63) is 86.2 Å². The number of halogens is 3. The molecule has 32 heavy (non-hydrogen) atoms. The van der Waals surface area contributed by atoms with Crippen LogP contribution in [0.5, 0.6) is 0 Å². The highest BCUT2D eigenvalue weighted by Crippen LogP contribution is 2.30. The number of H-pyrrole nitrogens is 1. The van der Waals surface area contributed by atoms with Gasteiger partial charge in [-0.05, 0) is 37.1 Å². The van der Waals surface area contributed by atoms with Crippen molar-refractivity contribution in [3.8, 4) is 5.69 Å². The predicted octanol–water partition coefficient (Wildman–Crippen LogP) is 3.65. The van der Waals surface area contributed by atoms with Crippen molar-refractivity contribution < 1.29 is 8.78 Å². The second kappa shape index (κ2) is 7.90. The van der Waals surface area contributed by atoms with E-state index in [1.165, 1.54) is 6.20 Å². The molecule has 2 aromatic carbocycles. The van der Waals surface area contributed by atoms with E-state index in [-0.39, 0.29) is 22.4 Å². The summed E-state index contributed by atoms with van der Waals surface area (Å²) in [6, 6.07) is 10.4. The zero-order chi connectivity index (χ0) is 22.4.